The van der Waals surface area contributed by atoms with Gasteiger partial charge in [-0.1, -0.05) is 45.2 Å². The van der Waals surface area contributed by atoms with Crippen molar-refractivity contribution in [2.45, 2.75) is 0 Å². The Kier molecular flexibility index (Phi) is 5.87. The highest BCUT2D eigenvalue weighted by atomic mass is 79.9. The summed E-state index contributed by atoms with van der Waals surface area (Å²) < 4.78 is 5.76. The second-order valence-electron chi connectivity index (χ2n) is 4.35. The number of nitrogens with zero attached hydrogens (tertiary/aromatic N) is 1. The van der Waals surface area contributed by atoms with E-state index in [-0.39, 0.29) is 27.1 Å². The molecule has 2 aromatic rings. The maximum Gasteiger partial charge on any atom is 0.271 e. The fourth-order valence-electron chi connectivity index (χ4n) is 1.74. The largest absolute Gasteiger partial charge is 0.504 e. The highest BCUT2D eigenvalue weighted by molar-refractivity contribution is 9.10. The van der Waals surface area contributed by atoms with Crippen LogP contribution < -0.4 is 10.2 Å². The molecule has 0 heterocycles. The standard InChI is InChI=1S/C15H11BrCl2N2O3/c1-23-12-6-11(17)13(18)10(14(12)21)7-19-20-15(22)8-3-2-4-9(16)5-8/h2-7,21H,1H3,(H,20,22)/b19-7+. The van der Waals surface area contributed by atoms with E-state index in [0.717, 1.165) is 4.47 Å². The molecule has 0 aliphatic heterocycles. The number of hydrogen-bond donors (Lipinski definition) is 2. The van der Waals surface area contributed by atoms with Crippen LogP contribution in [-0.2, 0) is 0 Å². The molecule has 0 fully saturated rings. The van der Waals surface area contributed by atoms with Crippen LogP contribution in [0.3, 0.4) is 0 Å². The van der Waals surface area contributed by atoms with E-state index < -0.39 is 5.91 Å². The third-order valence-corrected chi connectivity index (χ3v) is 4.15. The topological polar surface area (TPSA) is 70.9 Å². The predicted molar refractivity (Wildman–Crippen MR) is 93.9 cm³/mol. The first kappa shape index (κ1) is 17.6. The van der Waals surface area contributed by atoms with Crippen LogP contribution in [-0.4, -0.2) is 24.3 Å². The summed E-state index contributed by atoms with van der Waals surface area (Å²) in [5.41, 5.74) is 2.91. The quantitative estimate of drug-likeness (QED) is 0.577. The summed E-state index contributed by atoms with van der Waals surface area (Å²) in [7, 11) is 1.38. The van der Waals surface area contributed by atoms with Crippen molar-refractivity contribution in [3.63, 3.8) is 0 Å². The SMILES string of the molecule is COc1cc(Cl)c(Cl)c(/C=N/NC(=O)c2cccc(Br)c2)c1O. The van der Waals surface area contributed by atoms with Crippen molar-refractivity contribution in [3.8, 4) is 11.5 Å². The van der Waals surface area contributed by atoms with Crippen LogP contribution in [0.1, 0.15) is 15.9 Å². The average Bonchev–Trinajstić information content (AvgIpc) is 2.54. The molecular weight excluding hydrogens is 407 g/mol. The number of amides is 1. The number of rotatable bonds is 4. The van der Waals surface area contributed by atoms with Crippen LogP contribution in [0.25, 0.3) is 0 Å². The molecule has 0 saturated heterocycles. The second-order valence-corrected chi connectivity index (χ2v) is 6.05. The summed E-state index contributed by atoms with van der Waals surface area (Å²) in [5, 5.41) is 14.1. The van der Waals surface area contributed by atoms with E-state index in [2.05, 4.69) is 26.5 Å². The third kappa shape index (κ3) is 4.16. The van der Waals surface area contributed by atoms with E-state index in [0.29, 0.717) is 5.56 Å². The molecule has 23 heavy (non-hydrogen) atoms. The Hall–Kier alpha value is -1.76. The molecule has 0 aliphatic rings. The van der Waals surface area contributed by atoms with Crippen molar-refractivity contribution in [2.75, 3.05) is 7.11 Å². The number of phenols is 1. The summed E-state index contributed by atoms with van der Waals surface area (Å²) in [4.78, 5) is 12.0. The van der Waals surface area contributed by atoms with E-state index in [1.54, 1.807) is 24.3 Å². The predicted octanol–water partition coefficient (Wildman–Crippen LogP) is 4.23. The molecule has 0 aliphatic carbocycles. The minimum atomic E-state index is -0.410. The number of halogens is 3. The zero-order valence-electron chi connectivity index (χ0n) is 11.8. The number of ether oxygens (including phenoxy) is 1. The lowest BCUT2D eigenvalue weighted by Crippen LogP contribution is -2.17. The Morgan fingerprint density at radius 2 is 2.13 bits per heavy atom. The number of carbonyl (C=O) groups is 1. The average molecular weight is 418 g/mol. The van der Waals surface area contributed by atoms with E-state index in [1.807, 2.05) is 0 Å². The van der Waals surface area contributed by atoms with E-state index in [1.165, 1.54) is 19.4 Å². The van der Waals surface area contributed by atoms with Crippen LogP contribution >= 0.6 is 39.1 Å². The minimum Gasteiger partial charge on any atom is -0.504 e. The first-order chi connectivity index (χ1) is 10.9. The number of carbonyl (C=O) groups excluding carboxylic acids is 1. The lowest BCUT2D eigenvalue weighted by Gasteiger charge is -2.09. The fraction of sp³-hybridized carbons (Fsp3) is 0.0667. The van der Waals surface area contributed by atoms with Gasteiger partial charge >= 0.3 is 0 Å². The normalized spacial score (nSPS) is 10.8. The lowest BCUT2D eigenvalue weighted by molar-refractivity contribution is 0.0955. The molecule has 0 aromatic heterocycles. The molecule has 120 valence electrons. The summed E-state index contributed by atoms with van der Waals surface area (Å²) in [5.74, 6) is -0.478. The van der Waals surface area contributed by atoms with Gasteiger partial charge in [0.05, 0.1) is 28.9 Å². The smallest absolute Gasteiger partial charge is 0.271 e. The van der Waals surface area contributed by atoms with Crippen LogP contribution in [0.15, 0.2) is 39.9 Å². The van der Waals surface area contributed by atoms with Gasteiger partial charge in [0, 0.05) is 16.1 Å². The molecule has 2 N–H and O–H groups in total. The van der Waals surface area contributed by atoms with Crippen LogP contribution in [0.4, 0.5) is 0 Å². The molecule has 0 unspecified atom stereocenters. The molecule has 0 radical (unpaired) electrons. The van der Waals surface area contributed by atoms with E-state index in [4.69, 9.17) is 27.9 Å². The summed E-state index contributed by atoms with van der Waals surface area (Å²) in [6.07, 6.45) is 1.20. The van der Waals surface area contributed by atoms with Crippen molar-refractivity contribution in [2.24, 2.45) is 5.10 Å². The monoisotopic (exact) mass is 416 g/mol. The number of benzene rings is 2. The van der Waals surface area contributed by atoms with Gasteiger partial charge in [-0.2, -0.15) is 5.10 Å². The number of methoxy groups -OCH3 is 1. The number of nitrogens with one attached hydrogen (secondary N) is 1. The number of hydrazone groups is 1. The number of hydrogen-bond acceptors (Lipinski definition) is 4. The molecule has 0 atom stereocenters. The van der Waals surface area contributed by atoms with Crippen LogP contribution in [0.5, 0.6) is 11.5 Å². The van der Waals surface area contributed by atoms with Crippen molar-refractivity contribution in [3.05, 3.63) is 56.0 Å². The van der Waals surface area contributed by atoms with Gasteiger partial charge in [-0.3, -0.25) is 4.79 Å². The van der Waals surface area contributed by atoms with Gasteiger partial charge in [0.15, 0.2) is 11.5 Å². The molecule has 2 rings (SSSR count). The van der Waals surface area contributed by atoms with Crippen molar-refractivity contribution in [1.29, 1.82) is 0 Å². The first-order valence-corrected chi connectivity index (χ1v) is 7.83. The zero-order chi connectivity index (χ0) is 17.0. The van der Waals surface area contributed by atoms with E-state index >= 15 is 0 Å². The van der Waals surface area contributed by atoms with Crippen LogP contribution in [0, 0.1) is 0 Å². The Labute approximate surface area is 151 Å². The fourth-order valence-corrected chi connectivity index (χ4v) is 2.53. The maximum atomic E-state index is 12.0. The van der Waals surface area contributed by atoms with Gasteiger partial charge in [0.1, 0.15) is 0 Å². The highest BCUT2D eigenvalue weighted by Crippen LogP contribution is 2.38. The van der Waals surface area contributed by atoms with Crippen molar-refractivity contribution < 1.29 is 14.6 Å². The molecule has 8 heteroatoms. The molecule has 0 spiro atoms. The Balaban J connectivity index is 2.21. The summed E-state index contributed by atoms with van der Waals surface area (Å²) in [6.45, 7) is 0. The van der Waals surface area contributed by atoms with Crippen molar-refractivity contribution in [1.82, 2.24) is 5.43 Å². The lowest BCUT2D eigenvalue weighted by atomic mass is 10.2. The van der Waals surface area contributed by atoms with E-state index in [9.17, 15) is 9.90 Å². The Bertz CT molecular complexity index is 782. The molecule has 1 amide bonds. The zero-order valence-corrected chi connectivity index (χ0v) is 14.9. The van der Waals surface area contributed by atoms with Gasteiger partial charge in [0.2, 0.25) is 0 Å². The van der Waals surface area contributed by atoms with Gasteiger partial charge in [-0.05, 0) is 18.2 Å². The van der Waals surface area contributed by atoms with Crippen molar-refractivity contribution >= 4 is 51.3 Å². The Morgan fingerprint density at radius 1 is 1.39 bits per heavy atom. The minimum absolute atomic E-state index is 0.102. The Morgan fingerprint density at radius 3 is 2.78 bits per heavy atom. The highest BCUT2D eigenvalue weighted by Gasteiger charge is 2.15. The third-order valence-electron chi connectivity index (χ3n) is 2.86. The van der Waals surface area contributed by atoms with Gasteiger partial charge in [0.25, 0.3) is 5.91 Å². The molecule has 2 aromatic carbocycles. The number of aromatic hydroxyl groups is 1. The number of phenolic OH excluding ortho intramolecular Hbond substituents is 1. The molecule has 5 nitrogen and oxygen atoms in total. The first-order valence-electron chi connectivity index (χ1n) is 6.28. The molecular formula is C15H11BrCl2N2O3. The summed E-state index contributed by atoms with van der Waals surface area (Å²) >= 11 is 15.3. The van der Waals surface area contributed by atoms with Gasteiger partial charge in [-0.25, -0.2) is 5.43 Å². The van der Waals surface area contributed by atoms with Crippen LogP contribution in [0.2, 0.25) is 10.0 Å². The summed E-state index contributed by atoms with van der Waals surface area (Å²) in [6, 6.07) is 8.21. The second kappa shape index (κ2) is 7.68. The molecule has 0 saturated carbocycles. The molecule has 0 bridgehead atoms. The van der Waals surface area contributed by atoms with Gasteiger partial charge < -0.3 is 9.84 Å². The van der Waals surface area contributed by atoms with Gasteiger partial charge in [-0.15, -0.1) is 0 Å². The maximum absolute atomic E-state index is 12.0.